The second-order valence-electron chi connectivity index (χ2n) is 5.13. The molecule has 2 N–H and O–H groups in total. The highest BCUT2D eigenvalue weighted by Gasteiger charge is 2.15. The summed E-state index contributed by atoms with van der Waals surface area (Å²) in [6.45, 7) is 2.10. The number of carbonyl (C=O) groups is 1. The van der Waals surface area contributed by atoms with Crippen LogP contribution in [0.3, 0.4) is 0 Å². The van der Waals surface area contributed by atoms with Crippen molar-refractivity contribution < 1.29 is 17.9 Å². The summed E-state index contributed by atoms with van der Waals surface area (Å²) in [6.07, 6.45) is 0.179. The fraction of sp³-hybridized carbons (Fsp3) is 0.235. The molecule has 2 aromatic carbocycles. The van der Waals surface area contributed by atoms with E-state index < -0.39 is 9.84 Å². The van der Waals surface area contributed by atoms with E-state index in [2.05, 4.69) is 0 Å². The van der Waals surface area contributed by atoms with Crippen molar-refractivity contribution >= 4 is 21.5 Å². The Morgan fingerprint density at radius 1 is 1.00 bits per heavy atom. The molecule has 23 heavy (non-hydrogen) atoms. The summed E-state index contributed by atoms with van der Waals surface area (Å²) >= 11 is 0. The average molecular weight is 333 g/mol. The molecule has 0 amide bonds. The number of anilines is 1. The zero-order chi connectivity index (χ0) is 16.9. The molecule has 2 rings (SSSR count). The number of nitrogen functional groups attached to an aromatic ring is 1. The molecule has 0 saturated heterocycles. The third kappa shape index (κ3) is 4.82. The van der Waals surface area contributed by atoms with Gasteiger partial charge >= 0.3 is 5.97 Å². The Balaban J connectivity index is 2.08. The van der Waals surface area contributed by atoms with Gasteiger partial charge in [0.2, 0.25) is 0 Å². The molecule has 0 heterocycles. The van der Waals surface area contributed by atoms with E-state index in [1.165, 1.54) is 12.1 Å². The van der Waals surface area contributed by atoms with Crippen LogP contribution < -0.4 is 5.73 Å². The van der Waals surface area contributed by atoms with Crippen molar-refractivity contribution in [3.63, 3.8) is 0 Å². The summed E-state index contributed by atoms with van der Waals surface area (Å²) in [7, 11) is -3.42. The van der Waals surface area contributed by atoms with Crippen LogP contribution in [0.2, 0.25) is 0 Å². The first-order valence-corrected chi connectivity index (χ1v) is 8.87. The monoisotopic (exact) mass is 333 g/mol. The fourth-order valence-electron chi connectivity index (χ4n) is 2.11. The Kier molecular flexibility index (Phi) is 5.39. The van der Waals surface area contributed by atoms with Gasteiger partial charge in [0.15, 0.2) is 9.84 Å². The Labute approximate surface area is 136 Å². The molecule has 0 aliphatic rings. The molecule has 122 valence electrons. The van der Waals surface area contributed by atoms with Crippen molar-refractivity contribution in [1.29, 1.82) is 0 Å². The number of benzene rings is 2. The summed E-state index contributed by atoms with van der Waals surface area (Å²) in [5.74, 6) is -0.397. The van der Waals surface area contributed by atoms with Gasteiger partial charge in [-0.1, -0.05) is 24.3 Å². The Hall–Kier alpha value is -2.34. The van der Waals surface area contributed by atoms with E-state index in [-0.39, 0.29) is 23.0 Å². The average Bonchev–Trinajstić information content (AvgIpc) is 2.50. The molecule has 0 aliphatic carbocycles. The summed E-state index contributed by atoms with van der Waals surface area (Å²) < 4.78 is 29.6. The largest absolute Gasteiger partial charge is 0.466 e. The van der Waals surface area contributed by atoms with E-state index in [4.69, 9.17) is 10.5 Å². The van der Waals surface area contributed by atoms with E-state index in [9.17, 15) is 13.2 Å². The molecule has 5 nitrogen and oxygen atoms in total. The van der Waals surface area contributed by atoms with E-state index in [1.807, 2.05) is 0 Å². The quantitative estimate of drug-likeness (QED) is 0.648. The molecule has 0 saturated carbocycles. The lowest BCUT2D eigenvalue weighted by Crippen LogP contribution is -2.08. The van der Waals surface area contributed by atoms with Crippen molar-refractivity contribution in [2.24, 2.45) is 0 Å². The first-order valence-electron chi connectivity index (χ1n) is 7.22. The van der Waals surface area contributed by atoms with Crippen LogP contribution in [0.1, 0.15) is 18.1 Å². The van der Waals surface area contributed by atoms with Crippen LogP contribution in [-0.2, 0) is 31.5 Å². The third-order valence-electron chi connectivity index (χ3n) is 3.27. The maximum atomic E-state index is 12.3. The summed E-state index contributed by atoms with van der Waals surface area (Å²) in [4.78, 5) is 11.6. The predicted octanol–water partition coefficient (Wildman–Crippen LogP) is 2.35. The normalized spacial score (nSPS) is 11.2. The molecule has 6 heteroatoms. The molecular formula is C17H19NO4S. The molecule has 0 unspecified atom stereocenters. The number of esters is 1. The summed E-state index contributed by atoms with van der Waals surface area (Å²) in [5.41, 5.74) is 7.54. The first-order chi connectivity index (χ1) is 10.9. The van der Waals surface area contributed by atoms with Crippen LogP contribution in [0, 0.1) is 0 Å². The number of hydrogen-bond donors (Lipinski definition) is 1. The third-order valence-corrected chi connectivity index (χ3v) is 4.98. The highest BCUT2D eigenvalue weighted by Crippen LogP contribution is 2.18. The summed E-state index contributed by atoms with van der Waals surface area (Å²) in [6, 6.07) is 13.0. The van der Waals surface area contributed by atoms with Crippen LogP contribution in [0.15, 0.2) is 53.4 Å². The van der Waals surface area contributed by atoms with E-state index >= 15 is 0 Å². The minimum Gasteiger partial charge on any atom is -0.466 e. The van der Waals surface area contributed by atoms with Gasteiger partial charge in [-0.25, -0.2) is 8.42 Å². The molecule has 0 aromatic heterocycles. The van der Waals surface area contributed by atoms with Gasteiger partial charge in [0.1, 0.15) is 0 Å². The number of rotatable bonds is 6. The second-order valence-corrected chi connectivity index (χ2v) is 7.12. The van der Waals surface area contributed by atoms with Gasteiger partial charge in [-0.15, -0.1) is 0 Å². The highest BCUT2D eigenvalue weighted by molar-refractivity contribution is 7.90. The highest BCUT2D eigenvalue weighted by atomic mass is 32.2. The van der Waals surface area contributed by atoms with Crippen LogP contribution in [0.5, 0.6) is 0 Å². The molecule has 2 aromatic rings. The Morgan fingerprint density at radius 3 is 2.13 bits per heavy atom. The zero-order valence-corrected chi connectivity index (χ0v) is 13.7. The van der Waals surface area contributed by atoms with Crippen LogP contribution >= 0.6 is 0 Å². The molecular weight excluding hydrogens is 314 g/mol. The molecule has 0 atom stereocenters. The first kappa shape index (κ1) is 17.0. The summed E-state index contributed by atoms with van der Waals surface area (Å²) in [5, 5.41) is 0. The Morgan fingerprint density at radius 2 is 1.57 bits per heavy atom. The van der Waals surface area contributed by atoms with Gasteiger partial charge in [-0.05, 0) is 42.3 Å². The van der Waals surface area contributed by atoms with Gasteiger partial charge in [0, 0.05) is 5.69 Å². The van der Waals surface area contributed by atoms with Gasteiger partial charge in [0.25, 0.3) is 0 Å². The fourth-order valence-corrected chi connectivity index (χ4v) is 3.46. The molecule has 0 aliphatic heterocycles. The lowest BCUT2D eigenvalue weighted by atomic mass is 10.1. The van der Waals surface area contributed by atoms with Crippen molar-refractivity contribution in [3.8, 4) is 0 Å². The second kappa shape index (κ2) is 7.28. The van der Waals surface area contributed by atoms with Gasteiger partial charge in [-0.2, -0.15) is 0 Å². The van der Waals surface area contributed by atoms with Gasteiger partial charge in [-0.3, -0.25) is 4.79 Å². The van der Waals surface area contributed by atoms with Crippen molar-refractivity contribution in [2.45, 2.75) is 24.0 Å². The van der Waals surface area contributed by atoms with Crippen LogP contribution in [0.25, 0.3) is 0 Å². The number of ether oxygens (including phenoxy) is 1. The number of nitrogens with two attached hydrogens (primary N) is 1. The Bertz CT molecular complexity index is 765. The van der Waals surface area contributed by atoms with Crippen molar-refractivity contribution in [2.75, 3.05) is 12.3 Å². The maximum Gasteiger partial charge on any atom is 0.310 e. The maximum absolute atomic E-state index is 12.3. The SMILES string of the molecule is CCOC(=O)Cc1ccc(CS(=O)(=O)c2ccc(N)cc2)cc1. The molecule has 0 radical (unpaired) electrons. The number of hydrogen-bond acceptors (Lipinski definition) is 5. The smallest absolute Gasteiger partial charge is 0.310 e. The van der Waals surface area contributed by atoms with Crippen LogP contribution in [0.4, 0.5) is 5.69 Å². The molecule has 0 fully saturated rings. The number of sulfone groups is 1. The van der Waals surface area contributed by atoms with E-state index in [0.29, 0.717) is 17.9 Å². The lowest BCUT2D eigenvalue weighted by molar-refractivity contribution is -0.142. The van der Waals surface area contributed by atoms with Gasteiger partial charge in [0.05, 0.1) is 23.7 Å². The van der Waals surface area contributed by atoms with E-state index in [1.54, 1.807) is 43.3 Å². The molecule has 0 spiro atoms. The minimum atomic E-state index is -3.42. The van der Waals surface area contributed by atoms with Crippen LogP contribution in [-0.4, -0.2) is 21.0 Å². The van der Waals surface area contributed by atoms with Gasteiger partial charge < -0.3 is 10.5 Å². The number of carbonyl (C=O) groups excluding carboxylic acids is 1. The van der Waals surface area contributed by atoms with Crippen molar-refractivity contribution in [1.82, 2.24) is 0 Å². The standard InChI is InChI=1S/C17H19NO4S/c1-2-22-17(19)11-13-3-5-14(6-4-13)12-23(20,21)16-9-7-15(18)8-10-16/h3-10H,2,11-12,18H2,1H3. The van der Waals surface area contributed by atoms with Crippen molar-refractivity contribution in [3.05, 3.63) is 59.7 Å². The molecule has 0 bridgehead atoms. The zero-order valence-electron chi connectivity index (χ0n) is 12.9. The lowest BCUT2D eigenvalue weighted by Gasteiger charge is -2.07. The van der Waals surface area contributed by atoms with E-state index in [0.717, 1.165) is 5.56 Å². The predicted molar refractivity (Wildman–Crippen MR) is 88.5 cm³/mol. The minimum absolute atomic E-state index is 0.101. The topological polar surface area (TPSA) is 86.5 Å².